The summed E-state index contributed by atoms with van der Waals surface area (Å²) in [5, 5.41) is 0. The van der Waals surface area contributed by atoms with Gasteiger partial charge in [-0.3, -0.25) is 0 Å². The Hall–Kier alpha value is -1.66. The van der Waals surface area contributed by atoms with Crippen molar-refractivity contribution < 1.29 is 20.8 Å². The van der Waals surface area contributed by atoms with E-state index >= 15 is 0 Å². The van der Waals surface area contributed by atoms with E-state index in [0.717, 1.165) is 0 Å². The van der Waals surface area contributed by atoms with Crippen LogP contribution in [0.15, 0.2) is 72.8 Å². The van der Waals surface area contributed by atoms with Gasteiger partial charge < -0.3 is 0 Å². The zero-order chi connectivity index (χ0) is 31.0. The van der Waals surface area contributed by atoms with Crippen LogP contribution in [0, 0.1) is 6.42 Å². The fourth-order valence-corrected chi connectivity index (χ4v) is 6.28. The first-order valence-electron chi connectivity index (χ1n) is 15.1. The van der Waals surface area contributed by atoms with Crippen molar-refractivity contribution in [3.8, 4) is 33.4 Å². The number of fused-ring (bicyclic) bond motifs is 3. The summed E-state index contributed by atoms with van der Waals surface area (Å²) in [6, 6.07) is 27.9. The standard InChI is InChI=1S/C39H45.2ClH.Zr/c1-24(2)28-15-11-13-17-30(28)34-20-26-19-27-21-35(31-18-14-12-16-29(31)25(3)4)37(39(8,9)10)23-33(27)32(26)22-36(34)38(5,6)7;;;/h11-25H,1-10H3;2*1H;/q;;;+2/p-2. The molecule has 0 saturated carbocycles. The topological polar surface area (TPSA) is 0 Å². The van der Waals surface area contributed by atoms with E-state index in [1.54, 1.807) is 0 Å². The first-order chi connectivity index (χ1) is 19.7. The second kappa shape index (κ2) is 13.1. The zero-order valence-corrected chi connectivity index (χ0v) is 30.9. The van der Waals surface area contributed by atoms with Crippen LogP contribution >= 0.6 is 17.0 Å². The molecule has 219 valence electrons. The number of hydrogen-bond acceptors (Lipinski definition) is 0. The molecule has 0 bridgehead atoms. The van der Waals surface area contributed by atoms with Crippen LogP contribution in [0.25, 0.3) is 33.4 Å². The second-order valence-corrected chi connectivity index (χ2v) is 17.9. The summed E-state index contributed by atoms with van der Waals surface area (Å²) in [5.41, 5.74) is 16.6. The Morgan fingerprint density at radius 2 is 0.833 bits per heavy atom. The van der Waals surface area contributed by atoms with Crippen molar-refractivity contribution in [3.05, 3.63) is 113 Å². The van der Waals surface area contributed by atoms with Crippen LogP contribution in [0.4, 0.5) is 0 Å². The van der Waals surface area contributed by atoms with Gasteiger partial charge in [0.15, 0.2) is 0 Å². The molecule has 5 rings (SSSR count). The van der Waals surface area contributed by atoms with Crippen molar-refractivity contribution in [1.29, 1.82) is 0 Å². The van der Waals surface area contributed by atoms with Crippen molar-refractivity contribution in [3.63, 3.8) is 0 Å². The van der Waals surface area contributed by atoms with E-state index < -0.39 is 20.8 Å². The molecule has 3 heteroatoms. The van der Waals surface area contributed by atoms with Crippen molar-refractivity contribution in [2.24, 2.45) is 0 Å². The Balaban J connectivity index is 0.00000129. The van der Waals surface area contributed by atoms with Crippen molar-refractivity contribution in [1.82, 2.24) is 0 Å². The number of benzene rings is 4. The maximum absolute atomic E-state index is 4.93. The van der Waals surface area contributed by atoms with Gasteiger partial charge in [0.25, 0.3) is 0 Å². The van der Waals surface area contributed by atoms with E-state index in [0.29, 0.717) is 11.8 Å². The third-order valence-electron chi connectivity index (χ3n) is 8.34. The zero-order valence-electron chi connectivity index (χ0n) is 26.9. The Bertz CT molecular complexity index is 1450. The second-order valence-electron chi connectivity index (χ2n) is 14.2. The number of halogens is 2. The molecule has 0 saturated heterocycles. The molecule has 0 spiro atoms. The molecule has 0 N–H and O–H groups in total. The van der Waals surface area contributed by atoms with Crippen LogP contribution in [0.3, 0.4) is 0 Å². The van der Waals surface area contributed by atoms with Crippen LogP contribution in [-0.4, -0.2) is 0 Å². The minimum absolute atomic E-state index is 0.0280. The van der Waals surface area contributed by atoms with Gasteiger partial charge in [0, 0.05) is 6.42 Å². The predicted molar refractivity (Wildman–Crippen MR) is 183 cm³/mol. The Morgan fingerprint density at radius 1 is 0.500 bits per heavy atom. The molecule has 4 aromatic rings. The van der Waals surface area contributed by atoms with E-state index in [1.165, 1.54) is 66.8 Å². The van der Waals surface area contributed by atoms with E-state index in [1.807, 2.05) is 0 Å². The van der Waals surface area contributed by atoms with Crippen LogP contribution < -0.4 is 0 Å². The molecule has 1 aliphatic carbocycles. The third-order valence-corrected chi connectivity index (χ3v) is 8.34. The minimum atomic E-state index is -0.826. The molecular weight excluding hydrogens is 631 g/mol. The van der Waals surface area contributed by atoms with Gasteiger partial charge in [-0.15, -0.1) is 0 Å². The van der Waals surface area contributed by atoms with E-state index in [4.69, 9.17) is 17.0 Å². The summed E-state index contributed by atoms with van der Waals surface area (Å²) < 4.78 is 0. The Morgan fingerprint density at radius 3 is 1.14 bits per heavy atom. The van der Waals surface area contributed by atoms with Crippen molar-refractivity contribution in [2.45, 2.75) is 91.9 Å². The van der Waals surface area contributed by atoms with Crippen LogP contribution in [0.5, 0.6) is 0 Å². The maximum atomic E-state index is 4.93. The summed E-state index contributed by atoms with van der Waals surface area (Å²) >= 11 is -0.826. The molecule has 0 fully saturated rings. The Kier molecular flexibility index (Phi) is 10.4. The molecule has 0 heterocycles. The van der Waals surface area contributed by atoms with Gasteiger partial charge in [0.05, 0.1) is 0 Å². The van der Waals surface area contributed by atoms with E-state index in [9.17, 15) is 0 Å². The van der Waals surface area contributed by atoms with Gasteiger partial charge in [-0.25, -0.2) is 0 Å². The molecular formula is C39H45Cl2Zr. The predicted octanol–water partition coefficient (Wildman–Crippen LogP) is 12.8. The van der Waals surface area contributed by atoms with E-state index in [-0.39, 0.29) is 10.8 Å². The molecule has 1 radical (unpaired) electrons. The van der Waals surface area contributed by atoms with E-state index in [2.05, 4.69) is 148 Å². The molecule has 0 atom stereocenters. The van der Waals surface area contributed by atoms with Crippen LogP contribution in [0.1, 0.15) is 114 Å². The SMILES string of the molecule is CC(C)c1ccccc1-c1cc2c(cc1C(C)(C)C)-c1cc(C(C)(C)C)c(-c3ccccc3C(C)C)cc1[CH]2.[Cl][Zr][Cl]. The van der Waals surface area contributed by atoms with Gasteiger partial charge in [-0.05, 0) is 114 Å². The van der Waals surface area contributed by atoms with Gasteiger partial charge in [-0.1, -0.05) is 118 Å². The monoisotopic (exact) mass is 673 g/mol. The van der Waals surface area contributed by atoms with Crippen molar-refractivity contribution in [2.75, 3.05) is 0 Å². The molecule has 42 heavy (non-hydrogen) atoms. The molecule has 1 aliphatic rings. The third kappa shape index (κ3) is 6.85. The molecule has 0 unspecified atom stereocenters. The van der Waals surface area contributed by atoms with Crippen molar-refractivity contribution >= 4 is 17.0 Å². The summed E-state index contributed by atoms with van der Waals surface area (Å²) in [4.78, 5) is 0. The molecule has 4 aromatic carbocycles. The van der Waals surface area contributed by atoms with Crippen LogP contribution in [0.2, 0.25) is 0 Å². The molecule has 0 amide bonds. The first-order valence-corrected chi connectivity index (χ1v) is 21.4. The number of rotatable bonds is 4. The summed E-state index contributed by atoms with van der Waals surface area (Å²) in [6.07, 6.45) is 2.42. The molecule has 0 aliphatic heterocycles. The summed E-state index contributed by atoms with van der Waals surface area (Å²) in [7, 11) is 9.87. The van der Waals surface area contributed by atoms with Gasteiger partial charge in [0.2, 0.25) is 0 Å². The fraction of sp³-hybridized carbons (Fsp3) is 0.359. The Labute approximate surface area is 273 Å². The average molecular weight is 676 g/mol. The first kappa shape index (κ1) is 33.2. The normalized spacial score (nSPS) is 12.6. The quantitative estimate of drug-likeness (QED) is 0.178. The molecule has 0 aromatic heterocycles. The van der Waals surface area contributed by atoms with Crippen LogP contribution in [-0.2, 0) is 31.7 Å². The average Bonchev–Trinajstić information content (AvgIpc) is 3.27. The summed E-state index contributed by atoms with van der Waals surface area (Å²) in [6.45, 7) is 23.3. The van der Waals surface area contributed by atoms with Gasteiger partial charge in [0.1, 0.15) is 0 Å². The molecule has 0 nitrogen and oxygen atoms in total. The fourth-order valence-electron chi connectivity index (χ4n) is 6.28. The van der Waals surface area contributed by atoms with Gasteiger partial charge >= 0.3 is 37.9 Å². The van der Waals surface area contributed by atoms with Gasteiger partial charge in [-0.2, -0.15) is 0 Å². The summed E-state index contributed by atoms with van der Waals surface area (Å²) in [5.74, 6) is 0.947. The number of hydrogen-bond donors (Lipinski definition) is 0.